The molecule has 64 valence electrons. The Morgan fingerprint density at radius 2 is 2.08 bits per heavy atom. The van der Waals surface area contributed by atoms with Gasteiger partial charge in [-0.1, -0.05) is 34.7 Å². The topological polar surface area (TPSA) is 18.5 Å². The minimum Gasteiger partial charge on any atom is -0.486 e. The van der Waals surface area contributed by atoms with Gasteiger partial charge in [0.05, 0.1) is 0 Å². The molecule has 2 rings (SSSR count). The fourth-order valence-corrected chi connectivity index (χ4v) is 1.57. The predicted molar refractivity (Wildman–Crippen MR) is 55.2 cm³/mol. The third kappa shape index (κ3) is 1.50. The van der Waals surface area contributed by atoms with E-state index in [2.05, 4.69) is 22.6 Å². The molecule has 0 saturated heterocycles. The van der Waals surface area contributed by atoms with Crippen LogP contribution in [0.15, 0.2) is 24.3 Å². The van der Waals surface area contributed by atoms with Gasteiger partial charge in [-0.3, -0.25) is 0 Å². The van der Waals surface area contributed by atoms with Gasteiger partial charge < -0.3 is 9.47 Å². The van der Waals surface area contributed by atoms with E-state index in [1.54, 1.807) is 0 Å². The van der Waals surface area contributed by atoms with Crippen molar-refractivity contribution >= 4 is 22.6 Å². The normalized spacial score (nSPS) is 20.6. The molecule has 0 aliphatic carbocycles. The van der Waals surface area contributed by atoms with Crippen molar-refractivity contribution in [2.45, 2.75) is 6.10 Å². The van der Waals surface area contributed by atoms with Crippen LogP contribution in [0.2, 0.25) is 0 Å². The van der Waals surface area contributed by atoms with Crippen molar-refractivity contribution in [3.05, 3.63) is 24.3 Å². The molecule has 0 N–H and O–H groups in total. The van der Waals surface area contributed by atoms with E-state index in [1.165, 1.54) is 0 Å². The van der Waals surface area contributed by atoms with Crippen LogP contribution in [0.5, 0.6) is 11.5 Å². The van der Waals surface area contributed by atoms with Crippen molar-refractivity contribution in [2.75, 3.05) is 11.0 Å². The van der Waals surface area contributed by atoms with Crippen molar-refractivity contribution in [3.8, 4) is 11.5 Å². The molecule has 1 aliphatic heterocycles. The number of ether oxygens (including phenoxy) is 2. The molecule has 1 atom stereocenters. The first kappa shape index (κ1) is 8.16. The number of hydrogen-bond acceptors (Lipinski definition) is 2. The van der Waals surface area contributed by atoms with E-state index >= 15 is 0 Å². The van der Waals surface area contributed by atoms with Crippen LogP contribution in [0.1, 0.15) is 0 Å². The van der Waals surface area contributed by atoms with Gasteiger partial charge in [0.1, 0.15) is 12.7 Å². The van der Waals surface area contributed by atoms with Gasteiger partial charge in [0.25, 0.3) is 0 Å². The first-order chi connectivity index (χ1) is 5.90. The summed E-state index contributed by atoms with van der Waals surface area (Å²) in [7, 11) is 0. The van der Waals surface area contributed by atoms with E-state index in [0.717, 1.165) is 15.9 Å². The van der Waals surface area contributed by atoms with Crippen LogP contribution >= 0.6 is 22.6 Å². The summed E-state index contributed by atoms with van der Waals surface area (Å²) in [4.78, 5) is 0. The maximum atomic E-state index is 5.65. The second-order valence-electron chi connectivity index (χ2n) is 2.65. The fourth-order valence-electron chi connectivity index (χ4n) is 1.14. The lowest BCUT2D eigenvalue weighted by atomic mass is 10.3. The van der Waals surface area contributed by atoms with Crippen LogP contribution in [-0.4, -0.2) is 17.1 Å². The predicted octanol–water partition coefficient (Wildman–Crippen LogP) is 2.26. The molecule has 0 amide bonds. The van der Waals surface area contributed by atoms with Gasteiger partial charge in [0.15, 0.2) is 11.5 Å². The molecule has 0 aromatic heterocycles. The molecule has 0 spiro atoms. The highest BCUT2D eigenvalue weighted by Gasteiger charge is 2.18. The van der Waals surface area contributed by atoms with Crippen LogP contribution in [0.25, 0.3) is 0 Å². The molecule has 3 heteroatoms. The standard InChI is InChI=1S/C9H9IO2/c10-5-7-6-11-8-3-1-2-4-9(8)12-7/h1-4,7H,5-6H2/t7-/m0/s1. The van der Waals surface area contributed by atoms with Crippen LogP contribution < -0.4 is 9.47 Å². The zero-order chi connectivity index (χ0) is 8.39. The second kappa shape index (κ2) is 3.51. The lowest BCUT2D eigenvalue weighted by Gasteiger charge is -2.24. The van der Waals surface area contributed by atoms with Gasteiger partial charge in [0.2, 0.25) is 0 Å². The number of alkyl halides is 1. The van der Waals surface area contributed by atoms with Crippen LogP contribution in [0.3, 0.4) is 0 Å². The minimum absolute atomic E-state index is 0.209. The number of hydrogen-bond donors (Lipinski definition) is 0. The highest BCUT2D eigenvalue weighted by atomic mass is 127. The molecular formula is C9H9IO2. The van der Waals surface area contributed by atoms with Crippen molar-refractivity contribution < 1.29 is 9.47 Å². The third-order valence-corrected chi connectivity index (χ3v) is 2.72. The summed E-state index contributed by atoms with van der Waals surface area (Å²) in [5.74, 6) is 1.73. The van der Waals surface area contributed by atoms with E-state index < -0.39 is 0 Å². The van der Waals surface area contributed by atoms with E-state index in [-0.39, 0.29) is 6.10 Å². The Labute approximate surface area is 85.0 Å². The molecule has 0 saturated carbocycles. The Kier molecular flexibility index (Phi) is 2.39. The molecule has 0 radical (unpaired) electrons. The molecule has 0 fully saturated rings. The Bertz CT molecular complexity index is 275. The summed E-state index contributed by atoms with van der Waals surface area (Å²) in [6.45, 7) is 0.667. The number of halogens is 1. The van der Waals surface area contributed by atoms with Crippen molar-refractivity contribution in [1.82, 2.24) is 0 Å². The average molecular weight is 276 g/mol. The summed E-state index contributed by atoms with van der Waals surface area (Å²) in [5.41, 5.74) is 0. The molecule has 1 heterocycles. The maximum Gasteiger partial charge on any atom is 0.161 e. The monoisotopic (exact) mass is 276 g/mol. The SMILES string of the molecule is IC[C@H]1COc2ccccc2O1. The minimum atomic E-state index is 0.209. The molecule has 12 heavy (non-hydrogen) atoms. The van der Waals surface area contributed by atoms with Gasteiger partial charge in [0, 0.05) is 4.43 Å². The van der Waals surface area contributed by atoms with Crippen molar-refractivity contribution in [2.24, 2.45) is 0 Å². The van der Waals surface area contributed by atoms with Crippen molar-refractivity contribution in [3.63, 3.8) is 0 Å². The van der Waals surface area contributed by atoms with Crippen LogP contribution in [0.4, 0.5) is 0 Å². The first-order valence-corrected chi connectivity index (χ1v) is 5.37. The Morgan fingerprint density at radius 1 is 1.33 bits per heavy atom. The van der Waals surface area contributed by atoms with Crippen LogP contribution in [0, 0.1) is 0 Å². The number of benzene rings is 1. The first-order valence-electron chi connectivity index (χ1n) is 3.84. The highest BCUT2D eigenvalue weighted by Crippen LogP contribution is 2.31. The van der Waals surface area contributed by atoms with E-state index in [9.17, 15) is 0 Å². The zero-order valence-corrected chi connectivity index (χ0v) is 8.65. The fraction of sp³-hybridized carbons (Fsp3) is 0.333. The summed E-state index contributed by atoms with van der Waals surface area (Å²) >= 11 is 2.30. The van der Waals surface area contributed by atoms with E-state index in [1.807, 2.05) is 24.3 Å². The molecular weight excluding hydrogens is 267 g/mol. The second-order valence-corrected chi connectivity index (χ2v) is 3.53. The summed E-state index contributed by atoms with van der Waals surface area (Å²) < 4.78 is 12.1. The maximum absolute atomic E-state index is 5.65. The summed E-state index contributed by atoms with van der Waals surface area (Å²) in [6.07, 6.45) is 0.209. The largest absolute Gasteiger partial charge is 0.486 e. The molecule has 0 bridgehead atoms. The Balaban J connectivity index is 2.23. The molecule has 1 aliphatic rings. The number of rotatable bonds is 1. The van der Waals surface area contributed by atoms with E-state index in [4.69, 9.17) is 9.47 Å². The van der Waals surface area contributed by atoms with Gasteiger partial charge >= 0.3 is 0 Å². The lowest BCUT2D eigenvalue weighted by molar-refractivity contribution is 0.109. The highest BCUT2D eigenvalue weighted by molar-refractivity contribution is 14.1. The quantitative estimate of drug-likeness (QED) is 0.578. The van der Waals surface area contributed by atoms with Crippen LogP contribution in [-0.2, 0) is 0 Å². The Hall–Kier alpha value is -0.450. The summed E-state index contributed by atoms with van der Waals surface area (Å²) in [5, 5.41) is 0. The smallest absolute Gasteiger partial charge is 0.161 e. The summed E-state index contributed by atoms with van der Waals surface area (Å²) in [6, 6.07) is 7.77. The molecule has 2 nitrogen and oxygen atoms in total. The lowest BCUT2D eigenvalue weighted by Crippen LogP contribution is -2.30. The number of fused-ring (bicyclic) bond motifs is 1. The molecule has 1 aromatic rings. The van der Waals surface area contributed by atoms with Gasteiger partial charge in [-0.2, -0.15) is 0 Å². The Morgan fingerprint density at radius 3 is 2.83 bits per heavy atom. The average Bonchev–Trinajstić information content (AvgIpc) is 2.17. The number of para-hydroxylation sites is 2. The van der Waals surface area contributed by atoms with Gasteiger partial charge in [-0.15, -0.1) is 0 Å². The van der Waals surface area contributed by atoms with Gasteiger partial charge in [-0.05, 0) is 12.1 Å². The van der Waals surface area contributed by atoms with Crippen molar-refractivity contribution in [1.29, 1.82) is 0 Å². The van der Waals surface area contributed by atoms with E-state index in [0.29, 0.717) is 6.61 Å². The zero-order valence-electron chi connectivity index (χ0n) is 6.50. The third-order valence-electron chi connectivity index (χ3n) is 1.74. The molecule has 1 aromatic carbocycles. The van der Waals surface area contributed by atoms with Gasteiger partial charge in [-0.25, -0.2) is 0 Å². The molecule has 0 unspecified atom stereocenters.